The van der Waals surface area contributed by atoms with Crippen LogP contribution in [0.25, 0.3) is 11.1 Å². The van der Waals surface area contributed by atoms with Crippen molar-refractivity contribution < 1.29 is 4.74 Å². The Hall–Kier alpha value is -1.28. The Balaban J connectivity index is 2.58. The Morgan fingerprint density at radius 1 is 1.00 bits per heavy atom. The minimum atomic E-state index is 0.910. The molecule has 82 valence electrons. The fourth-order valence-electron chi connectivity index (χ4n) is 1.80. The predicted octanol–water partition coefficient (Wildman–Crippen LogP) is 4.43. The first-order valence-electron chi connectivity index (χ1n) is 5.12. The van der Waals surface area contributed by atoms with Gasteiger partial charge in [-0.1, -0.05) is 40.2 Å². The summed E-state index contributed by atoms with van der Waals surface area (Å²) in [6.45, 7) is 2.10. The Morgan fingerprint density at radius 3 is 2.44 bits per heavy atom. The van der Waals surface area contributed by atoms with E-state index in [0.29, 0.717) is 0 Å². The molecule has 0 saturated heterocycles. The largest absolute Gasteiger partial charge is 0.496 e. The topological polar surface area (TPSA) is 9.23 Å². The highest BCUT2D eigenvalue weighted by atomic mass is 79.9. The molecular formula is C14H13BrO. The zero-order valence-corrected chi connectivity index (χ0v) is 10.9. The molecule has 0 saturated carbocycles. The average molecular weight is 277 g/mol. The summed E-state index contributed by atoms with van der Waals surface area (Å²) in [7, 11) is 1.70. The van der Waals surface area contributed by atoms with E-state index in [1.54, 1.807) is 7.11 Å². The molecule has 2 aromatic rings. The normalized spacial score (nSPS) is 10.2. The summed E-state index contributed by atoms with van der Waals surface area (Å²) in [5.74, 6) is 0.910. The highest BCUT2D eigenvalue weighted by molar-refractivity contribution is 9.10. The summed E-state index contributed by atoms with van der Waals surface area (Å²) >= 11 is 3.47. The predicted molar refractivity (Wildman–Crippen MR) is 70.9 cm³/mol. The van der Waals surface area contributed by atoms with E-state index in [2.05, 4.69) is 47.1 Å². The van der Waals surface area contributed by atoms with Crippen LogP contribution >= 0.6 is 15.9 Å². The van der Waals surface area contributed by atoms with Gasteiger partial charge in [-0.3, -0.25) is 0 Å². The molecule has 2 heteroatoms. The molecular weight excluding hydrogens is 264 g/mol. The van der Waals surface area contributed by atoms with Crippen LogP contribution < -0.4 is 4.74 Å². The molecule has 0 fully saturated rings. The van der Waals surface area contributed by atoms with Crippen LogP contribution in [0.2, 0.25) is 0 Å². The quantitative estimate of drug-likeness (QED) is 0.788. The van der Waals surface area contributed by atoms with Crippen molar-refractivity contribution in [3.8, 4) is 16.9 Å². The minimum absolute atomic E-state index is 0.910. The van der Waals surface area contributed by atoms with Crippen molar-refractivity contribution in [2.24, 2.45) is 0 Å². The highest BCUT2D eigenvalue weighted by Crippen LogP contribution is 2.32. The van der Waals surface area contributed by atoms with Gasteiger partial charge in [-0.2, -0.15) is 0 Å². The van der Waals surface area contributed by atoms with Crippen LogP contribution in [0.1, 0.15) is 5.56 Å². The smallest absolute Gasteiger partial charge is 0.126 e. The van der Waals surface area contributed by atoms with Crippen molar-refractivity contribution in [1.82, 2.24) is 0 Å². The number of hydrogen-bond donors (Lipinski definition) is 0. The second-order valence-electron chi connectivity index (χ2n) is 3.66. The summed E-state index contributed by atoms with van der Waals surface area (Å²) in [5, 5.41) is 0. The van der Waals surface area contributed by atoms with Crippen molar-refractivity contribution in [2.75, 3.05) is 7.11 Å². The molecule has 0 radical (unpaired) electrons. The van der Waals surface area contributed by atoms with E-state index in [1.165, 1.54) is 11.1 Å². The zero-order valence-electron chi connectivity index (χ0n) is 9.33. The maximum absolute atomic E-state index is 5.37. The number of ether oxygens (including phenoxy) is 1. The lowest BCUT2D eigenvalue weighted by Gasteiger charge is -2.11. The Morgan fingerprint density at radius 2 is 1.75 bits per heavy atom. The fraction of sp³-hybridized carbons (Fsp3) is 0.143. The van der Waals surface area contributed by atoms with Crippen molar-refractivity contribution in [3.05, 3.63) is 52.5 Å². The number of hydrogen-bond acceptors (Lipinski definition) is 1. The van der Waals surface area contributed by atoms with Gasteiger partial charge in [0.15, 0.2) is 0 Å². The van der Waals surface area contributed by atoms with Crippen LogP contribution in [0, 0.1) is 6.92 Å². The first-order valence-corrected chi connectivity index (χ1v) is 5.91. The third kappa shape index (κ3) is 2.12. The molecule has 0 unspecified atom stereocenters. The SMILES string of the molecule is COc1ccccc1-c1ccc(Br)cc1C. The first-order chi connectivity index (χ1) is 7.72. The summed E-state index contributed by atoms with van der Waals surface area (Å²) in [6, 6.07) is 14.3. The number of para-hydroxylation sites is 1. The molecule has 1 nitrogen and oxygen atoms in total. The number of aryl methyl sites for hydroxylation is 1. The van der Waals surface area contributed by atoms with Crippen LogP contribution in [0.3, 0.4) is 0 Å². The van der Waals surface area contributed by atoms with Gasteiger partial charge in [0, 0.05) is 10.0 Å². The van der Waals surface area contributed by atoms with E-state index >= 15 is 0 Å². The summed E-state index contributed by atoms with van der Waals surface area (Å²) in [6.07, 6.45) is 0. The second kappa shape index (κ2) is 4.71. The van der Waals surface area contributed by atoms with E-state index in [4.69, 9.17) is 4.74 Å². The molecule has 0 N–H and O–H groups in total. The summed E-state index contributed by atoms with van der Waals surface area (Å²) < 4.78 is 6.47. The van der Waals surface area contributed by atoms with Gasteiger partial charge in [-0.15, -0.1) is 0 Å². The number of halogens is 1. The lowest BCUT2D eigenvalue weighted by atomic mass is 10.00. The van der Waals surface area contributed by atoms with Gasteiger partial charge in [0.2, 0.25) is 0 Å². The second-order valence-corrected chi connectivity index (χ2v) is 4.58. The molecule has 0 amide bonds. The van der Waals surface area contributed by atoms with E-state index in [-0.39, 0.29) is 0 Å². The Kier molecular flexibility index (Phi) is 3.30. The average Bonchev–Trinajstić information content (AvgIpc) is 2.29. The maximum atomic E-state index is 5.37. The molecule has 0 atom stereocenters. The van der Waals surface area contributed by atoms with Gasteiger partial charge in [-0.05, 0) is 36.2 Å². The molecule has 0 heterocycles. The third-order valence-electron chi connectivity index (χ3n) is 2.59. The molecule has 0 aliphatic rings. The van der Waals surface area contributed by atoms with E-state index in [1.807, 2.05) is 18.2 Å². The standard InChI is InChI=1S/C14H13BrO/c1-10-9-11(15)7-8-12(10)13-5-3-4-6-14(13)16-2/h3-9H,1-2H3. The van der Waals surface area contributed by atoms with Crippen molar-refractivity contribution in [2.45, 2.75) is 6.92 Å². The lowest BCUT2D eigenvalue weighted by Crippen LogP contribution is -1.89. The van der Waals surface area contributed by atoms with Crippen LogP contribution in [0.4, 0.5) is 0 Å². The van der Waals surface area contributed by atoms with E-state index in [0.717, 1.165) is 15.8 Å². The van der Waals surface area contributed by atoms with E-state index in [9.17, 15) is 0 Å². The fourth-order valence-corrected chi connectivity index (χ4v) is 2.27. The Bertz CT molecular complexity index is 506. The summed E-state index contributed by atoms with van der Waals surface area (Å²) in [4.78, 5) is 0. The highest BCUT2D eigenvalue weighted by Gasteiger charge is 2.07. The number of rotatable bonds is 2. The molecule has 16 heavy (non-hydrogen) atoms. The summed E-state index contributed by atoms with van der Waals surface area (Å²) in [5.41, 5.74) is 3.58. The van der Waals surface area contributed by atoms with Crippen LogP contribution in [0.5, 0.6) is 5.75 Å². The van der Waals surface area contributed by atoms with Crippen LogP contribution in [-0.2, 0) is 0 Å². The third-order valence-corrected chi connectivity index (χ3v) is 3.08. The van der Waals surface area contributed by atoms with Crippen molar-refractivity contribution in [3.63, 3.8) is 0 Å². The first kappa shape index (κ1) is 11.2. The number of methoxy groups -OCH3 is 1. The minimum Gasteiger partial charge on any atom is -0.496 e. The lowest BCUT2D eigenvalue weighted by molar-refractivity contribution is 0.416. The molecule has 0 aromatic heterocycles. The van der Waals surface area contributed by atoms with Crippen LogP contribution in [-0.4, -0.2) is 7.11 Å². The van der Waals surface area contributed by atoms with Crippen LogP contribution in [0.15, 0.2) is 46.9 Å². The Labute approximate surface area is 104 Å². The molecule has 0 bridgehead atoms. The van der Waals surface area contributed by atoms with Gasteiger partial charge in [-0.25, -0.2) is 0 Å². The van der Waals surface area contributed by atoms with Crippen molar-refractivity contribution >= 4 is 15.9 Å². The molecule has 0 aliphatic carbocycles. The molecule has 0 aliphatic heterocycles. The van der Waals surface area contributed by atoms with Gasteiger partial charge in [0.25, 0.3) is 0 Å². The maximum Gasteiger partial charge on any atom is 0.126 e. The van der Waals surface area contributed by atoms with E-state index < -0.39 is 0 Å². The zero-order chi connectivity index (χ0) is 11.5. The molecule has 0 spiro atoms. The van der Waals surface area contributed by atoms with Gasteiger partial charge in [0.05, 0.1) is 7.11 Å². The van der Waals surface area contributed by atoms with Gasteiger partial charge >= 0.3 is 0 Å². The van der Waals surface area contributed by atoms with Gasteiger partial charge in [0.1, 0.15) is 5.75 Å². The number of benzene rings is 2. The van der Waals surface area contributed by atoms with Crippen molar-refractivity contribution in [1.29, 1.82) is 0 Å². The monoisotopic (exact) mass is 276 g/mol. The molecule has 2 aromatic carbocycles. The van der Waals surface area contributed by atoms with Gasteiger partial charge < -0.3 is 4.74 Å². The molecule has 2 rings (SSSR count).